The van der Waals surface area contributed by atoms with E-state index >= 15 is 0 Å². The molecule has 0 fully saturated rings. The molecule has 0 unspecified atom stereocenters. The topological polar surface area (TPSA) is 73.8 Å². The predicted octanol–water partition coefficient (Wildman–Crippen LogP) is 2.82. The highest BCUT2D eigenvalue weighted by Crippen LogP contribution is 2.27. The first-order chi connectivity index (χ1) is 11.1. The van der Waals surface area contributed by atoms with Gasteiger partial charge in [0.1, 0.15) is 0 Å². The number of rotatable bonds is 5. The molecule has 0 radical (unpaired) electrons. The van der Waals surface area contributed by atoms with Crippen molar-refractivity contribution >= 4 is 17.7 Å². The number of aryl methyl sites for hydroxylation is 1. The Morgan fingerprint density at radius 1 is 1.09 bits per heavy atom. The van der Waals surface area contributed by atoms with Crippen LogP contribution in [0.3, 0.4) is 0 Å². The van der Waals surface area contributed by atoms with E-state index in [0.29, 0.717) is 5.16 Å². The number of thioether (sulfide) groups is 1. The number of hydrogen-bond donors (Lipinski definition) is 1. The second-order valence-corrected chi connectivity index (χ2v) is 6.04. The zero-order chi connectivity index (χ0) is 16.2. The van der Waals surface area contributed by atoms with Crippen molar-refractivity contribution in [1.82, 2.24) is 14.8 Å². The Bertz CT molecular complexity index is 812. The summed E-state index contributed by atoms with van der Waals surface area (Å²) in [4.78, 5) is 11.1. The highest BCUT2D eigenvalue weighted by atomic mass is 32.2. The number of nitrogens with two attached hydrogens (primary N) is 1. The molecule has 6 heteroatoms. The van der Waals surface area contributed by atoms with Crippen LogP contribution in [0.25, 0.3) is 17.1 Å². The average molecular weight is 324 g/mol. The third-order valence-electron chi connectivity index (χ3n) is 3.30. The largest absolute Gasteiger partial charge is 0.369 e. The number of primary amides is 1. The average Bonchev–Trinajstić information content (AvgIpc) is 2.98. The predicted molar refractivity (Wildman–Crippen MR) is 91.5 cm³/mol. The molecule has 3 aromatic rings. The molecular weight excluding hydrogens is 308 g/mol. The number of para-hydroxylation sites is 1. The summed E-state index contributed by atoms with van der Waals surface area (Å²) in [5, 5.41) is 9.19. The first kappa shape index (κ1) is 15.3. The zero-order valence-corrected chi connectivity index (χ0v) is 13.5. The van der Waals surface area contributed by atoms with Gasteiger partial charge in [-0.1, -0.05) is 59.8 Å². The van der Waals surface area contributed by atoms with E-state index in [-0.39, 0.29) is 11.7 Å². The summed E-state index contributed by atoms with van der Waals surface area (Å²) in [7, 11) is 0. The van der Waals surface area contributed by atoms with E-state index in [0.717, 1.165) is 17.1 Å². The monoisotopic (exact) mass is 324 g/mol. The molecule has 0 spiro atoms. The number of hydrogen-bond acceptors (Lipinski definition) is 4. The molecule has 0 saturated carbocycles. The van der Waals surface area contributed by atoms with Crippen molar-refractivity contribution in [2.45, 2.75) is 12.1 Å². The van der Waals surface area contributed by atoms with Gasteiger partial charge in [-0.25, -0.2) is 0 Å². The van der Waals surface area contributed by atoms with Gasteiger partial charge < -0.3 is 5.73 Å². The van der Waals surface area contributed by atoms with E-state index in [2.05, 4.69) is 10.2 Å². The van der Waals surface area contributed by atoms with Crippen molar-refractivity contribution in [2.75, 3.05) is 5.75 Å². The molecule has 1 aromatic heterocycles. The van der Waals surface area contributed by atoms with Gasteiger partial charge in [0.2, 0.25) is 5.91 Å². The Labute approximate surface area is 138 Å². The second kappa shape index (κ2) is 6.66. The Kier molecular flexibility index (Phi) is 4.43. The Hall–Kier alpha value is -2.60. The zero-order valence-electron chi connectivity index (χ0n) is 12.6. The van der Waals surface area contributed by atoms with Gasteiger partial charge in [-0.15, -0.1) is 10.2 Å². The van der Waals surface area contributed by atoms with Crippen LogP contribution >= 0.6 is 11.8 Å². The highest BCUT2D eigenvalue weighted by molar-refractivity contribution is 7.99. The van der Waals surface area contributed by atoms with Gasteiger partial charge in [-0.2, -0.15) is 0 Å². The summed E-state index contributed by atoms with van der Waals surface area (Å²) in [6.07, 6.45) is 0. The number of carbonyl (C=O) groups is 1. The van der Waals surface area contributed by atoms with E-state index in [1.807, 2.05) is 66.1 Å². The standard InChI is InChI=1S/C17H16N4OS/c1-12-7-9-13(10-8-12)16-19-20-17(23-11-15(18)22)21(16)14-5-3-2-4-6-14/h2-10H,11H2,1H3,(H2,18,22). The lowest BCUT2D eigenvalue weighted by Crippen LogP contribution is -2.13. The first-order valence-electron chi connectivity index (χ1n) is 7.14. The van der Waals surface area contributed by atoms with Gasteiger partial charge in [0.15, 0.2) is 11.0 Å². The van der Waals surface area contributed by atoms with Crippen LogP contribution in [0.15, 0.2) is 59.8 Å². The SMILES string of the molecule is Cc1ccc(-c2nnc(SCC(N)=O)n2-c2ccccc2)cc1. The summed E-state index contributed by atoms with van der Waals surface area (Å²) in [6, 6.07) is 17.9. The highest BCUT2D eigenvalue weighted by Gasteiger charge is 2.16. The van der Waals surface area contributed by atoms with Crippen molar-refractivity contribution in [3.05, 3.63) is 60.2 Å². The number of aromatic nitrogens is 3. The molecule has 0 saturated heterocycles. The minimum atomic E-state index is -0.380. The van der Waals surface area contributed by atoms with E-state index in [4.69, 9.17) is 5.73 Å². The minimum Gasteiger partial charge on any atom is -0.369 e. The fraction of sp³-hybridized carbons (Fsp3) is 0.118. The van der Waals surface area contributed by atoms with Crippen LogP contribution < -0.4 is 5.73 Å². The molecule has 0 atom stereocenters. The number of benzene rings is 2. The Morgan fingerprint density at radius 3 is 2.43 bits per heavy atom. The lowest BCUT2D eigenvalue weighted by atomic mass is 10.1. The molecule has 0 aliphatic carbocycles. The smallest absolute Gasteiger partial charge is 0.227 e. The summed E-state index contributed by atoms with van der Waals surface area (Å²) in [5.41, 5.74) is 8.34. The molecule has 2 N–H and O–H groups in total. The summed E-state index contributed by atoms with van der Waals surface area (Å²) in [6.45, 7) is 2.04. The van der Waals surface area contributed by atoms with Crippen LogP contribution in [-0.2, 0) is 4.79 Å². The number of amides is 1. The van der Waals surface area contributed by atoms with Gasteiger partial charge in [-0.05, 0) is 19.1 Å². The minimum absolute atomic E-state index is 0.166. The van der Waals surface area contributed by atoms with Crippen LogP contribution in [0.5, 0.6) is 0 Å². The molecule has 2 aromatic carbocycles. The third kappa shape index (κ3) is 3.43. The molecular formula is C17H16N4OS. The lowest BCUT2D eigenvalue weighted by molar-refractivity contribution is -0.115. The van der Waals surface area contributed by atoms with Gasteiger partial charge in [0, 0.05) is 11.3 Å². The van der Waals surface area contributed by atoms with Gasteiger partial charge in [-0.3, -0.25) is 9.36 Å². The van der Waals surface area contributed by atoms with Crippen LogP contribution in [0.2, 0.25) is 0 Å². The van der Waals surface area contributed by atoms with E-state index in [9.17, 15) is 4.79 Å². The number of nitrogens with zero attached hydrogens (tertiary/aromatic N) is 3. The number of carbonyl (C=O) groups excluding carboxylic acids is 1. The molecule has 0 bridgehead atoms. The van der Waals surface area contributed by atoms with Crippen molar-refractivity contribution < 1.29 is 4.79 Å². The fourth-order valence-electron chi connectivity index (χ4n) is 2.20. The molecule has 116 valence electrons. The first-order valence-corrected chi connectivity index (χ1v) is 8.12. The lowest BCUT2D eigenvalue weighted by Gasteiger charge is -2.10. The van der Waals surface area contributed by atoms with Crippen molar-refractivity contribution in [3.63, 3.8) is 0 Å². The van der Waals surface area contributed by atoms with E-state index < -0.39 is 0 Å². The van der Waals surface area contributed by atoms with Gasteiger partial charge in [0.05, 0.1) is 5.75 Å². The molecule has 1 amide bonds. The van der Waals surface area contributed by atoms with Crippen LogP contribution in [-0.4, -0.2) is 26.4 Å². The molecule has 1 heterocycles. The molecule has 0 aliphatic rings. The molecule has 0 aliphatic heterocycles. The van der Waals surface area contributed by atoms with Crippen molar-refractivity contribution in [1.29, 1.82) is 0 Å². The fourth-order valence-corrected chi connectivity index (χ4v) is 2.89. The maximum absolute atomic E-state index is 11.1. The van der Waals surface area contributed by atoms with E-state index in [1.165, 1.54) is 17.3 Å². The summed E-state index contributed by atoms with van der Waals surface area (Å²) < 4.78 is 1.94. The van der Waals surface area contributed by atoms with Gasteiger partial charge in [0.25, 0.3) is 0 Å². The molecule has 5 nitrogen and oxygen atoms in total. The van der Waals surface area contributed by atoms with Crippen LogP contribution in [0, 0.1) is 6.92 Å². The Morgan fingerprint density at radius 2 is 1.78 bits per heavy atom. The van der Waals surface area contributed by atoms with Crippen molar-refractivity contribution in [3.8, 4) is 17.1 Å². The maximum atomic E-state index is 11.1. The normalized spacial score (nSPS) is 10.7. The maximum Gasteiger partial charge on any atom is 0.227 e. The van der Waals surface area contributed by atoms with Gasteiger partial charge >= 0.3 is 0 Å². The molecule has 23 heavy (non-hydrogen) atoms. The van der Waals surface area contributed by atoms with E-state index in [1.54, 1.807) is 0 Å². The van der Waals surface area contributed by atoms with Crippen LogP contribution in [0.1, 0.15) is 5.56 Å². The molecule has 3 rings (SSSR count). The third-order valence-corrected chi connectivity index (χ3v) is 4.25. The summed E-state index contributed by atoms with van der Waals surface area (Å²) in [5.74, 6) is 0.524. The summed E-state index contributed by atoms with van der Waals surface area (Å²) >= 11 is 1.28. The van der Waals surface area contributed by atoms with Crippen molar-refractivity contribution in [2.24, 2.45) is 5.73 Å². The Balaban J connectivity index is 2.09. The van der Waals surface area contributed by atoms with Crippen LogP contribution in [0.4, 0.5) is 0 Å². The quantitative estimate of drug-likeness (QED) is 0.732. The second-order valence-electron chi connectivity index (χ2n) is 5.10.